The van der Waals surface area contributed by atoms with Gasteiger partial charge in [0, 0.05) is 29.8 Å². The highest BCUT2D eigenvalue weighted by atomic mass is 79.9. The topological polar surface area (TPSA) is 65.5 Å². The molecule has 20 heavy (non-hydrogen) atoms. The molecular weight excluding hydrogens is 344 g/mol. The van der Waals surface area contributed by atoms with Crippen molar-refractivity contribution >= 4 is 37.5 Å². The van der Waals surface area contributed by atoms with Crippen molar-refractivity contribution in [3.05, 3.63) is 16.7 Å². The maximum absolute atomic E-state index is 11.4. The number of anilines is 2. The molecule has 0 aliphatic carbocycles. The number of likely N-dealkylation sites (N-methyl/N-ethyl adjacent to an activating group) is 1. The second-order valence-electron chi connectivity index (χ2n) is 5.03. The summed E-state index contributed by atoms with van der Waals surface area (Å²) < 4.78 is 26.1. The molecule has 0 amide bonds. The SMILES string of the molecule is CCN(C)C1CN(c2ncc(Br)cc2NS(C)(=O)=O)C1. The first kappa shape index (κ1) is 15.5. The average molecular weight is 363 g/mol. The van der Waals surface area contributed by atoms with Crippen LogP contribution in [-0.2, 0) is 10.0 Å². The van der Waals surface area contributed by atoms with Crippen molar-refractivity contribution in [1.29, 1.82) is 0 Å². The van der Waals surface area contributed by atoms with Crippen molar-refractivity contribution in [2.24, 2.45) is 0 Å². The van der Waals surface area contributed by atoms with Crippen LogP contribution in [0.1, 0.15) is 6.92 Å². The van der Waals surface area contributed by atoms with Crippen molar-refractivity contribution in [2.45, 2.75) is 13.0 Å². The fraction of sp³-hybridized carbons (Fsp3) is 0.583. The second-order valence-corrected chi connectivity index (χ2v) is 7.70. The lowest BCUT2D eigenvalue weighted by atomic mass is 10.1. The van der Waals surface area contributed by atoms with Gasteiger partial charge < -0.3 is 9.80 Å². The standard InChI is InChI=1S/C12H19BrN4O2S/c1-4-16(2)10-7-17(8-10)12-11(15-20(3,18)19)5-9(13)6-14-12/h5-6,10,15H,4,7-8H2,1-3H3. The van der Waals surface area contributed by atoms with Gasteiger partial charge in [0.15, 0.2) is 5.82 Å². The van der Waals surface area contributed by atoms with E-state index in [1.807, 2.05) is 0 Å². The highest BCUT2D eigenvalue weighted by Crippen LogP contribution is 2.31. The molecule has 1 fully saturated rings. The lowest BCUT2D eigenvalue weighted by molar-refractivity contribution is 0.214. The van der Waals surface area contributed by atoms with Gasteiger partial charge in [0.2, 0.25) is 10.0 Å². The fourth-order valence-electron chi connectivity index (χ4n) is 2.12. The largest absolute Gasteiger partial charge is 0.352 e. The highest BCUT2D eigenvalue weighted by Gasteiger charge is 2.31. The van der Waals surface area contributed by atoms with E-state index in [0.29, 0.717) is 17.5 Å². The predicted octanol–water partition coefficient (Wildman–Crippen LogP) is 1.36. The van der Waals surface area contributed by atoms with Crippen LogP contribution in [0.4, 0.5) is 11.5 Å². The van der Waals surface area contributed by atoms with Crippen LogP contribution in [0.25, 0.3) is 0 Å². The minimum atomic E-state index is -3.32. The van der Waals surface area contributed by atoms with Crippen molar-refractivity contribution in [2.75, 3.05) is 42.6 Å². The van der Waals surface area contributed by atoms with Crippen molar-refractivity contribution in [1.82, 2.24) is 9.88 Å². The maximum atomic E-state index is 11.4. The van der Waals surface area contributed by atoms with E-state index in [9.17, 15) is 8.42 Å². The van der Waals surface area contributed by atoms with E-state index in [1.165, 1.54) is 0 Å². The molecule has 1 N–H and O–H groups in total. The van der Waals surface area contributed by atoms with Crippen molar-refractivity contribution in [3.63, 3.8) is 0 Å². The number of pyridine rings is 1. The van der Waals surface area contributed by atoms with Crippen LogP contribution in [0.5, 0.6) is 0 Å². The third kappa shape index (κ3) is 3.62. The van der Waals surface area contributed by atoms with Crippen molar-refractivity contribution in [3.8, 4) is 0 Å². The first-order valence-electron chi connectivity index (χ1n) is 6.38. The molecule has 2 heterocycles. The Morgan fingerprint density at radius 1 is 1.55 bits per heavy atom. The predicted molar refractivity (Wildman–Crippen MR) is 84.7 cm³/mol. The molecule has 1 aromatic heterocycles. The van der Waals surface area contributed by atoms with Crippen LogP contribution in [0, 0.1) is 0 Å². The van der Waals surface area contributed by atoms with E-state index in [2.05, 4.69) is 49.4 Å². The van der Waals surface area contributed by atoms with Crippen LogP contribution in [0.3, 0.4) is 0 Å². The highest BCUT2D eigenvalue weighted by molar-refractivity contribution is 9.10. The van der Waals surface area contributed by atoms with E-state index in [0.717, 1.165) is 30.4 Å². The Balaban J connectivity index is 2.17. The summed E-state index contributed by atoms with van der Waals surface area (Å²) in [7, 11) is -1.23. The van der Waals surface area contributed by atoms with Gasteiger partial charge in [-0.2, -0.15) is 0 Å². The summed E-state index contributed by atoms with van der Waals surface area (Å²) in [4.78, 5) is 8.69. The van der Waals surface area contributed by atoms with Gasteiger partial charge in [-0.1, -0.05) is 6.92 Å². The van der Waals surface area contributed by atoms with Gasteiger partial charge in [0.1, 0.15) is 0 Å². The number of rotatable bonds is 5. The summed E-state index contributed by atoms with van der Waals surface area (Å²) in [5.74, 6) is 0.680. The van der Waals surface area contributed by atoms with E-state index in [1.54, 1.807) is 12.3 Å². The number of aromatic nitrogens is 1. The summed E-state index contributed by atoms with van der Waals surface area (Å²) >= 11 is 3.32. The molecule has 0 aromatic carbocycles. The zero-order chi connectivity index (χ0) is 14.9. The third-order valence-corrected chi connectivity index (χ3v) is 4.44. The average Bonchev–Trinajstić information content (AvgIpc) is 2.27. The van der Waals surface area contributed by atoms with Crippen LogP contribution >= 0.6 is 15.9 Å². The molecule has 0 saturated carbocycles. The Bertz CT molecular complexity index is 587. The molecule has 0 atom stereocenters. The van der Waals surface area contributed by atoms with Crippen LogP contribution in [0.15, 0.2) is 16.7 Å². The van der Waals surface area contributed by atoms with Crippen LogP contribution in [-0.4, -0.2) is 57.3 Å². The molecule has 0 bridgehead atoms. The van der Waals surface area contributed by atoms with Crippen LogP contribution in [0.2, 0.25) is 0 Å². The molecule has 8 heteroatoms. The van der Waals surface area contributed by atoms with Crippen molar-refractivity contribution < 1.29 is 8.42 Å². The fourth-order valence-corrected chi connectivity index (χ4v) is 3.01. The van der Waals surface area contributed by atoms with Gasteiger partial charge in [-0.3, -0.25) is 4.72 Å². The quantitative estimate of drug-likeness (QED) is 0.856. The smallest absolute Gasteiger partial charge is 0.229 e. The summed E-state index contributed by atoms with van der Waals surface area (Å²) in [5, 5.41) is 0. The van der Waals surface area contributed by atoms with E-state index >= 15 is 0 Å². The van der Waals surface area contributed by atoms with E-state index < -0.39 is 10.0 Å². The molecule has 1 aliphatic rings. The Hall–Kier alpha value is -0.860. The number of nitrogens with zero attached hydrogens (tertiary/aromatic N) is 3. The van der Waals surface area contributed by atoms with Gasteiger partial charge >= 0.3 is 0 Å². The van der Waals surface area contributed by atoms with E-state index in [4.69, 9.17) is 0 Å². The molecule has 6 nitrogen and oxygen atoms in total. The Morgan fingerprint density at radius 3 is 2.75 bits per heavy atom. The van der Waals surface area contributed by atoms with E-state index in [-0.39, 0.29) is 0 Å². The summed E-state index contributed by atoms with van der Waals surface area (Å²) in [6.45, 7) is 4.84. The zero-order valence-corrected chi connectivity index (χ0v) is 14.2. The third-order valence-electron chi connectivity index (χ3n) is 3.41. The number of hydrogen-bond acceptors (Lipinski definition) is 5. The van der Waals surface area contributed by atoms with Gasteiger partial charge in [0.25, 0.3) is 0 Å². The lowest BCUT2D eigenvalue weighted by Gasteiger charge is -2.45. The lowest BCUT2D eigenvalue weighted by Crippen LogP contribution is -2.58. The van der Waals surface area contributed by atoms with Gasteiger partial charge in [-0.15, -0.1) is 0 Å². The first-order chi connectivity index (χ1) is 9.30. The molecule has 112 valence electrons. The monoisotopic (exact) mass is 362 g/mol. The number of hydrogen-bond donors (Lipinski definition) is 1. The molecule has 1 aromatic rings. The number of nitrogens with one attached hydrogen (secondary N) is 1. The Labute approximate surface area is 128 Å². The second kappa shape index (κ2) is 5.87. The molecule has 1 aliphatic heterocycles. The maximum Gasteiger partial charge on any atom is 0.229 e. The molecule has 0 radical (unpaired) electrons. The number of sulfonamides is 1. The molecule has 0 spiro atoms. The molecule has 0 unspecified atom stereocenters. The molecule has 1 saturated heterocycles. The zero-order valence-electron chi connectivity index (χ0n) is 11.8. The van der Waals surface area contributed by atoms with Gasteiger partial charge in [0.05, 0.1) is 11.9 Å². The summed E-state index contributed by atoms with van der Waals surface area (Å²) in [5.41, 5.74) is 0.513. The number of halogens is 1. The summed E-state index contributed by atoms with van der Waals surface area (Å²) in [6.07, 6.45) is 2.82. The minimum absolute atomic E-state index is 0.497. The van der Waals surface area contributed by atoms with Gasteiger partial charge in [-0.25, -0.2) is 13.4 Å². The molecule has 2 rings (SSSR count). The Kier molecular flexibility index (Phi) is 4.55. The minimum Gasteiger partial charge on any atom is -0.352 e. The molecular formula is C12H19BrN4O2S. The first-order valence-corrected chi connectivity index (χ1v) is 9.07. The Morgan fingerprint density at radius 2 is 2.20 bits per heavy atom. The normalized spacial score (nSPS) is 16.4. The van der Waals surface area contributed by atoms with Gasteiger partial charge in [-0.05, 0) is 35.6 Å². The summed E-state index contributed by atoms with van der Waals surface area (Å²) in [6, 6.07) is 2.23. The van der Waals surface area contributed by atoms with Crippen LogP contribution < -0.4 is 9.62 Å².